The van der Waals surface area contributed by atoms with Crippen LogP contribution in [-0.2, 0) is 0 Å². The van der Waals surface area contributed by atoms with E-state index in [1.165, 1.54) is 5.56 Å². The molecule has 0 spiro atoms. The number of nitrogens with two attached hydrogens (primary N) is 1. The van der Waals surface area contributed by atoms with Crippen LogP contribution in [0.4, 0.5) is 11.6 Å². The van der Waals surface area contributed by atoms with Gasteiger partial charge in [-0.05, 0) is 49.2 Å². The maximum atomic E-state index is 12.3. The van der Waals surface area contributed by atoms with Crippen LogP contribution in [0.3, 0.4) is 0 Å². The quantitative estimate of drug-likeness (QED) is 0.692. The van der Waals surface area contributed by atoms with Crippen LogP contribution in [-0.4, -0.2) is 15.9 Å². The number of nitrogens with zero attached hydrogens (tertiary/aromatic N) is 1. The fourth-order valence-electron chi connectivity index (χ4n) is 2.29. The maximum absolute atomic E-state index is 12.3. The van der Waals surface area contributed by atoms with Gasteiger partial charge in [-0.15, -0.1) is 0 Å². The molecule has 0 unspecified atom stereocenters. The largest absolute Gasteiger partial charge is 0.369 e. The Hall–Kier alpha value is -3.08. The van der Waals surface area contributed by atoms with Gasteiger partial charge in [0.25, 0.3) is 5.91 Å². The van der Waals surface area contributed by atoms with Crippen molar-refractivity contribution in [3.63, 3.8) is 0 Å². The molecule has 23 heavy (non-hydrogen) atoms. The van der Waals surface area contributed by atoms with Gasteiger partial charge in [0.05, 0.1) is 5.69 Å². The molecular formula is C18H18N4O. The Labute approximate surface area is 134 Å². The van der Waals surface area contributed by atoms with E-state index >= 15 is 0 Å². The number of hydrogen-bond donors (Lipinski definition) is 3. The zero-order chi connectivity index (χ0) is 16.4. The van der Waals surface area contributed by atoms with Crippen LogP contribution < -0.4 is 11.1 Å². The number of anilines is 2. The number of benzene rings is 2. The Kier molecular flexibility index (Phi) is 3.85. The summed E-state index contributed by atoms with van der Waals surface area (Å²) in [4.78, 5) is 19.3. The van der Waals surface area contributed by atoms with Gasteiger partial charge in [0.15, 0.2) is 5.95 Å². The molecule has 0 saturated heterocycles. The third-order valence-electron chi connectivity index (χ3n) is 3.81. The molecule has 5 heteroatoms. The summed E-state index contributed by atoms with van der Waals surface area (Å²) in [6.45, 7) is 4.02. The van der Waals surface area contributed by atoms with E-state index in [9.17, 15) is 4.79 Å². The van der Waals surface area contributed by atoms with Gasteiger partial charge in [-0.2, -0.15) is 0 Å². The van der Waals surface area contributed by atoms with Crippen LogP contribution >= 0.6 is 0 Å². The lowest BCUT2D eigenvalue weighted by Crippen LogP contribution is -2.12. The third-order valence-corrected chi connectivity index (χ3v) is 3.81. The lowest BCUT2D eigenvalue weighted by atomic mass is 10.1. The van der Waals surface area contributed by atoms with Crippen LogP contribution in [0.1, 0.15) is 21.5 Å². The number of rotatable bonds is 3. The lowest BCUT2D eigenvalue weighted by molar-refractivity contribution is 0.102. The standard InChI is InChI=1S/C18H18N4O/c1-11-3-4-14(9-12(11)2)17(23)21-15-7-5-13(6-8-15)16-10-20-18(19)22-16/h3-10H,1-2H3,(H,21,23)(H3,19,20,22). The Bertz CT molecular complexity index is 850. The molecule has 3 rings (SSSR count). The predicted octanol–water partition coefficient (Wildman–Crippen LogP) is 3.53. The maximum Gasteiger partial charge on any atom is 0.255 e. The zero-order valence-corrected chi connectivity index (χ0v) is 13.1. The summed E-state index contributed by atoms with van der Waals surface area (Å²) >= 11 is 0. The average molecular weight is 306 g/mol. The van der Waals surface area contributed by atoms with E-state index in [0.717, 1.165) is 22.5 Å². The van der Waals surface area contributed by atoms with Crippen molar-refractivity contribution in [2.45, 2.75) is 13.8 Å². The Morgan fingerprint density at radius 3 is 2.43 bits per heavy atom. The van der Waals surface area contributed by atoms with E-state index < -0.39 is 0 Å². The molecule has 2 aromatic carbocycles. The normalized spacial score (nSPS) is 10.5. The number of nitrogen functional groups attached to an aromatic ring is 1. The lowest BCUT2D eigenvalue weighted by Gasteiger charge is -2.08. The summed E-state index contributed by atoms with van der Waals surface area (Å²) in [5.74, 6) is 0.261. The molecule has 0 atom stereocenters. The minimum atomic E-state index is -0.120. The van der Waals surface area contributed by atoms with Crippen LogP contribution in [0.2, 0.25) is 0 Å². The van der Waals surface area contributed by atoms with Gasteiger partial charge in [-0.3, -0.25) is 4.79 Å². The highest BCUT2D eigenvalue weighted by Crippen LogP contribution is 2.20. The van der Waals surface area contributed by atoms with Crippen molar-refractivity contribution in [3.05, 3.63) is 65.4 Å². The van der Waals surface area contributed by atoms with Crippen molar-refractivity contribution < 1.29 is 4.79 Å². The molecule has 4 N–H and O–H groups in total. The van der Waals surface area contributed by atoms with E-state index in [-0.39, 0.29) is 5.91 Å². The topological polar surface area (TPSA) is 83.8 Å². The monoisotopic (exact) mass is 306 g/mol. The highest BCUT2D eigenvalue weighted by atomic mass is 16.1. The van der Waals surface area contributed by atoms with Gasteiger partial charge >= 0.3 is 0 Å². The molecule has 1 aromatic heterocycles. The van der Waals surface area contributed by atoms with Gasteiger partial charge in [0.1, 0.15) is 0 Å². The number of nitrogens with one attached hydrogen (secondary N) is 2. The SMILES string of the molecule is Cc1ccc(C(=O)Nc2ccc(-c3c[nH]c(N)n3)cc2)cc1C. The molecule has 0 fully saturated rings. The molecule has 5 nitrogen and oxygen atoms in total. The fraction of sp³-hybridized carbons (Fsp3) is 0.111. The number of aryl methyl sites for hydroxylation is 2. The second-order valence-electron chi connectivity index (χ2n) is 5.50. The number of imidazole rings is 1. The van der Waals surface area contributed by atoms with Crippen molar-refractivity contribution in [2.24, 2.45) is 0 Å². The predicted molar refractivity (Wildman–Crippen MR) is 92.3 cm³/mol. The first-order valence-corrected chi connectivity index (χ1v) is 7.33. The van der Waals surface area contributed by atoms with Crippen molar-refractivity contribution in [1.82, 2.24) is 9.97 Å². The number of H-pyrrole nitrogens is 1. The number of aromatic amines is 1. The fourth-order valence-corrected chi connectivity index (χ4v) is 2.29. The minimum Gasteiger partial charge on any atom is -0.369 e. The van der Waals surface area contributed by atoms with E-state index in [1.54, 1.807) is 6.20 Å². The van der Waals surface area contributed by atoms with E-state index in [4.69, 9.17) is 5.73 Å². The summed E-state index contributed by atoms with van der Waals surface area (Å²) in [7, 11) is 0. The molecule has 3 aromatic rings. The minimum absolute atomic E-state index is 0.120. The molecule has 0 bridgehead atoms. The molecule has 0 aliphatic heterocycles. The smallest absolute Gasteiger partial charge is 0.255 e. The highest BCUT2D eigenvalue weighted by Gasteiger charge is 2.08. The van der Waals surface area contributed by atoms with Crippen molar-refractivity contribution in [2.75, 3.05) is 11.1 Å². The zero-order valence-electron chi connectivity index (χ0n) is 13.1. The summed E-state index contributed by atoms with van der Waals surface area (Å²) in [5, 5.41) is 2.90. The Balaban J connectivity index is 1.75. The molecule has 116 valence electrons. The van der Waals surface area contributed by atoms with E-state index in [1.807, 2.05) is 56.3 Å². The number of carbonyl (C=O) groups is 1. The number of carbonyl (C=O) groups excluding carboxylic acids is 1. The number of hydrogen-bond acceptors (Lipinski definition) is 3. The van der Waals surface area contributed by atoms with Gasteiger partial charge in [-0.1, -0.05) is 18.2 Å². The molecular weight excluding hydrogens is 288 g/mol. The first-order valence-electron chi connectivity index (χ1n) is 7.33. The highest BCUT2D eigenvalue weighted by molar-refractivity contribution is 6.04. The average Bonchev–Trinajstić information content (AvgIpc) is 2.97. The first kappa shape index (κ1) is 14.8. The van der Waals surface area contributed by atoms with Crippen molar-refractivity contribution >= 4 is 17.5 Å². The van der Waals surface area contributed by atoms with E-state index in [0.29, 0.717) is 11.5 Å². The molecule has 1 amide bonds. The van der Waals surface area contributed by atoms with Gasteiger partial charge in [0, 0.05) is 23.0 Å². The summed E-state index contributed by atoms with van der Waals surface area (Å²) in [6.07, 6.45) is 1.75. The second-order valence-corrected chi connectivity index (χ2v) is 5.50. The molecule has 0 aliphatic rings. The van der Waals surface area contributed by atoms with Crippen LogP contribution in [0.15, 0.2) is 48.7 Å². The number of amides is 1. The van der Waals surface area contributed by atoms with Gasteiger partial charge < -0.3 is 16.0 Å². The Morgan fingerprint density at radius 1 is 1.09 bits per heavy atom. The second kappa shape index (κ2) is 5.96. The van der Waals surface area contributed by atoms with Crippen molar-refractivity contribution in [1.29, 1.82) is 0 Å². The van der Waals surface area contributed by atoms with E-state index in [2.05, 4.69) is 15.3 Å². The molecule has 0 radical (unpaired) electrons. The number of aromatic nitrogens is 2. The summed E-state index contributed by atoms with van der Waals surface area (Å²) in [6, 6.07) is 13.2. The Morgan fingerprint density at radius 2 is 1.83 bits per heavy atom. The van der Waals surface area contributed by atoms with Gasteiger partial charge in [0.2, 0.25) is 0 Å². The van der Waals surface area contributed by atoms with Crippen molar-refractivity contribution in [3.8, 4) is 11.3 Å². The van der Waals surface area contributed by atoms with Gasteiger partial charge in [-0.25, -0.2) is 4.98 Å². The molecule has 0 saturated carbocycles. The van der Waals surface area contributed by atoms with Crippen LogP contribution in [0.25, 0.3) is 11.3 Å². The molecule has 1 heterocycles. The van der Waals surface area contributed by atoms with Crippen LogP contribution in [0.5, 0.6) is 0 Å². The molecule has 0 aliphatic carbocycles. The van der Waals surface area contributed by atoms with Crippen LogP contribution in [0, 0.1) is 13.8 Å². The first-order chi connectivity index (χ1) is 11.0. The third kappa shape index (κ3) is 3.23. The summed E-state index contributed by atoms with van der Waals surface area (Å²) in [5.41, 5.74) is 10.9. The summed E-state index contributed by atoms with van der Waals surface area (Å²) < 4.78 is 0.